The number of aromatic nitrogens is 5. The lowest BCUT2D eigenvalue weighted by molar-refractivity contribution is -0.0104. The van der Waals surface area contributed by atoms with E-state index < -0.39 is 29.9 Å². The molecule has 2 aliphatic rings. The minimum atomic E-state index is -1.28. The fourth-order valence-corrected chi connectivity index (χ4v) is 5.40. The van der Waals surface area contributed by atoms with E-state index in [0.717, 1.165) is 6.42 Å². The molecule has 0 aliphatic carbocycles. The Morgan fingerprint density at radius 3 is 2.61 bits per heavy atom. The number of alkyl halides is 1. The topological polar surface area (TPSA) is 116 Å². The number of anilines is 1. The number of hydrogen-bond donors (Lipinski definition) is 0. The van der Waals surface area contributed by atoms with Gasteiger partial charge < -0.3 is 18.9 Å². The summed E-state index contributed by atoms with van der Waals surface area (Å²) in [7, 11) is 4.90. The molecule has 1 aromatic carbocycles. The molecular weight excluding hydrogens is 493 g/mol. The summed E-state index contributed by atoms with van der Waals surface area (Å²) in [5, 5.41) is 9.02. The zero-order valence-corrected chi connectivity index (χ0v) is 22.4. The molecule has 2 aliphatic heterocycles. The van der Waals surface area contributed by atoms with Gasteiger partial charge in [0.05, 0.1) is 48.2 Å². The average Bonchev–Trinajstić information content (AvgIpc) is 3.23. The number of carbonyl (C=O) groups is 1. The highest BCUT2D eigenvalue weighted by Gasteiger charge is 2.52. The fraction of sp³-hybridized carbons (Fsp3) is 0.538. The van der Waals surface area contributed by atoms with E-state index in [0.29, 0.717) is 46.7 Å². The first-order valence-electron chi connectivity index (χ1n) is 12.6. The number of carbonyl (C=O) groups excluding carboxylic acids is 1. The number of hydrogen-bond acceptors (Lipinski definition) is 9. The van der Waals surface area contributed by atoms with Crippen LogP contribution >= 0.6 is 0 Å². The number of halogens is 1. The SMILES string of the molecule is COc1cc2c(=O)n(C)cnc2cc1-c1ncc(N(C)[C@@H]2C[C@H]3CC[C@@H]([C@@H]2F)N3C(=O)OC(C)(C)C)nn1. The van der Waals surface area contributed by atoms with Crippen molar-refractivity contribution in [2.24, 2.45) is 7.05 Å². The van der Waals surface area contributed by atoms with Gasteiger partial charge in [-0.15, -0.1) is 10.2 Å². The molecule has 11 nitrogen and oxygen atoms in total. The summed E-state index contributed by atoms with van der Waals surface area (Å²) in [4.78, 5) is 37.4. The third kappa shape index (κ3) is 4.52. The van der Waals surface area contributed by atoms with Crippen molar-refractivity contribution in [1.29, 1.82) is 0 Å². The van der Waals surface area contributed by atoms with Gasteiger partial charge in [-0.1, -0.05) is 0 Å². The number of nitrogens with zero attached hydrogens (tertiary/aromatic N) is 7. The summed E-state index contributed by atoms with van der Waals surface area (Å²) in [6, 6.07) is 2.18. The lowest BCUT2D eigenvalue weighted by Crippen LogP contribution is -2.59. The van der Waals surface area contributed by atoms with Crippen molar-refractivity contribution in [3.63, 3.8) is 0 Å². The van der Waals surface area contributed by atoms with E-state index >= 15 is 4.39 Å². The van der Waals surface area contributed by atoms with Crippen LogP contribution in [0, 0.1) is 0 Å². The number of aryl methyl sites for hydroxylation is 1. The van der Waals surface area contributed by atoms with Crippen LogP contribution in [0.4, 0.5) is 15.0 Å². The second kappa shape index (κ2) is 9.48. The lowest BCUT2D eigenvalue weighted by atomic mass is 9.94. The molecule has 2 saturated heterocycles. The van der Waals surface area contributed by atoms with Gasteiger partial charge in [0.1, 0.15) is 17.5 Å². The number of rotatable bonds is 4. The Morgan fingerprint density at radius 1 is 1.18 bits per heavy atom. The predicted octanol–water partition coefficient (Wildman–Crippen LogP) is 3.11. The first kappa shape index (κ1) is 25.8. The van der Waals surface area contributed by atoms with Crippen molar-refractivity contribution >= 4 is 22.8 Å². The lowest BCUT2D eigenvalue weighted by Gasteiger charge is -2.44. The highest BCUT2D eigenvalue weighted by atomic mass is 19.1. The van der Waals surface area contributed by atoms with Crippen molar-refractivity contribution < 1.29 is 18.7 Å². The summed E-state index contributed by atoms with van der Waals surface area (Å²) in [6.07, 6.45) is 3.03. The smallest absolute Gasteiger partial charge is 0.410 e. The number of fused-ring (bicyclic) bond motifs is 3. The van der Waals surface area contributed by atoms with Gasteiger partial charge in [-0.25, -0.2) is 19.2 Å². The van der Waals surface area contributed by atoms with Gasteiger partial charge in [0.2, 0.25) is 0 Å². The monoisotopic (exact) mass is 525 g/mol. The normalized spacial score (nSPS) is 23.0. The molecule has 202 valence electrons. The van der Waals surface area contributed by atoms with E-state index in [1.807, 2.05) is 0 Å². The van der Waals surface area contributed by atoms with Crippen LogP contribution in [0.3, 0.4) is 0 Å². The van der Waals surface area contributed by atoms with Crippen LogP contribution in [0.25, 0.3) is 22.3 Å². The Kier molecular flexibility index (Phi) is 6.44. The largest absolute Gasteiger partial charge is 0.496 e. The van der Waals surface area contributed by atoms with Gasteiger partial charge in [0.25, 0.3) is 5.56 Å². The van der Waals surface area contributed by atoms with Crippen molar-refractivity contribution in [2.45, 2.75) is 69.9 Å². The Hall–Kier alpha value is -3.83. The Labute approximate surface area is 219 Å². The number of piperidine rings is 1. The van der Waals surface area contributed by atoms with Gasteiger partial charge in [-0.05, 0) is 52.2 Å². The minimum absolute atomic E-state index is 0.100. The molecule has 2 aromatic heterocycles. The van der Waals surface area contributed by atoms with Crippen LogP contribution in [-0.4, -0.2) is 79.8 Å². The highest BCUT2D eigenvalue weighted by Crippen LogP contribution is 2.40. The summed E-state index contributed by atoms with van der Waals surface area (Å²) < 4.78 is 28.2. The molecule has 38 heavy (non-hydrogen) atoms. The standard InChI is InChI=1S/C26H32FN7O4/c1-26(2,3)38-25(36)34-14-7-8-18(34)22(27)19(9-14)33(5)21-12-28-23(31-30-21)16-10-17-15(11-20(16)37-6)24(35)32(4)13-29-17/h10-14,18-19,22H,7-9H2,1-6H3/t14-,18+,19-,22+/m1/s1. The fourth-order valence-electron chi connectivity index (χ4n) is 5.40. The van der Waals surface area contributed by atoms with Gasteiger partial charge in [-0.3, -0.25) is 9.69 Å². The summed E-state index contributed by atoms with van der Waals surface area (Å²) >= 11 is 0. The number of methoxy groups -OCH3 is 1. The maximum Gasteiger partial charge on any atom is 0.410 e. The number of amides is 1. The van der Waals surface area contributed by atoms with Crippen LogP contribution in [0.5, 0.6) is 5.75 Å². The summed E-state index contributed by atoms with van der Waals surface area (Å²) in [5.74, 6) is 1.12. The molecule has 0 unspecified atom stereocenters. The van der Waals surface area contributed by atoms with Crippen molar-refractivity contribution in [3.8, 4) is 17.1 Å². The number of benzene rings is 1. The molecule has 4 heterocycles. The van der Waals surface area contributed by atoms with Crippen LogP contribution in [-0.2, 0) is 11.8 Å². The highest BCUT2D eigenvalue weighted by molar-refractivity contribution is 5.86. The molecule has 0 saturated carbocycles. The molecule has 3 aromatic rings. The first-order chi connectivity index (χ1) is 18.0. The molecule has 0 radical (unpaired) electrons. The Balaban J connectivity index is 1.37. The molecule has 4 atom stereocenters. The quantitative estimate of drug-likeness (QED) is 0.507. The molecule has 1 amide bonds. The van der Waals surface area contributed by atoms with Gasteiger partial charge >= 0.3 is 6.09 Å². The molecular formula is C26H32FN7O4. The van der Waals surface area contributed by atoms with E-state index in [4.69, 9.17) is 9.47 Å². The van der Waals surface area contributed by atoms with Gasteiger partial charge in [0.15, 0.2) is 11.6 Å². The summed E-state index contributed by atoms with van der Waals surface area (Å²) in [6.45, 7) is 5.42. The third-order valence-electron chi connectivity index (χ3n) is 7.29. The zero-order chi connectivity index (χ0) is 27.4. The second-order valence-corrected chi connectivity index (χ2v) is 10.9. The average molecular weight is 526 g/mol. The number of ether oxygens (including phenoxy) is 2. The zero-order valence-electron chi connectivity index (χ0n) is 22.4. The second-order valence-electron chi connectivity index (χ2n) is 10.9. The minimum Gasteiger partial charge on any atom is -0.496 e. The van der Waals surface area contributed by atoms with Gasteiger partial charge in [0, 0.05) is 20.1 Å². The van der Waals surface area contributed by atoms with E-state index in [-0.39, 0.29) is 11.6 Å². The van der Waals surface area contributed by atoms with Crippen LogP contribution in [0.15, 0.2) is 29.5 Å². The van der Waals surface area contributed by atoms with E-state index in [1.54, 1.807) is 56.8 Å². The van der Waals surface area contributed by atoms with Crippen molar-refractivity contribution in [2.75, 3.05) is 19.1 Å². The third-order valence-corrected chi connectivity index (χ3v) is 7.29. The molecule has 5 rings (SSSR count). The Bertz CT molecular complexity index is 1420. The van der Waals surface area contributed by atoms with Crippen LogP contribution in [0.2, 0.25) is 0 Å². The molecule has 2 fully saturated rings. The first-order valence-corrected chi connectivity index (χ1v) is 12.6. The maximum absolute atomic E-state index is 15.8. The Morgan fingerprint density at radius 2 is 1.95 bits per heavy atom. The van der Waals surface area contributed by atoms with Crippen LogP contribution < -0.4 is 15.2 Å². The van der Waals surface area contributed by atoms with Gasteiger partial charge in [-0.2, -0.15) is 0 Å². The van der Waals surface area contributed by atoms with E-state index in [1.165, 1.54) is 24.2 Å². The molecule has 0 spiro atoms. The van der Waals surface area contributed by atoms with E-state index in [2.05, 4.69) is 20.2 Å². The molecule has 2 bridgehead atoms. The van der Waals surface area contributed by atoms with E-state index in [9.17, 15) is 9.59 Å². The van der Waals surface area contributed by atoms with Crippen LogP contribution in [0.1, 0.15) is 40.0 Å². The summed E-state index contributed by atoms with van der Waals surface area (Å²) in [5.41, 5.74) is 0.192. The molecule has 12 heteroatoms. The van der Waals surface area contributed by atoms with Crippen molar-refractivity contribution in [1.82, 2.24) is 29.6 Å². The predicted molar refractivity (Wildman–Crippen MR) is 139 cm³/mol. The van der Waals surface area contributed by atoms with Crippen molar-refractivity contribution in [3.05, 3.63) is 35.0 Å². The maximum atomic E-state index is 15.8. The molecule has 0 N–H and O–H groups in total.